The number of nitrogens with zero attached hydrogens (tertiary/aromatic N) is 1. The van der Waals surface area contributed by atoms with Crippen molar-refractivity contribution in [3.8, 4) is 0 Å². The zero-order valence-electron chi connectivity index (χ0n) is 14.7. The number of nitrogens with one attached hydrogen (secondary N) is 2. The van der Waals surface area contributed by atoms with Crippen LogP contribution in [0, 0.1) is 0 Å². The first-order chi connectivity index (χ1) is 11.6. The molecule has 1 atom stereocenters. The molecule has 6 nitrogen and oxygen atoms in total. The minimum Gasteiger partial charge on any atom is -0.349 e. The van der Waals surface area contributed by atoms with Crippen LogP contribution in [0.1, 0.15) is 39.0 Å². The Balaban J connectivity index is 2.00. The summed E-state index contributed by atoms with van der Waals surface area (Å²) in [7, 11) is -3.76. The maximum Gasteiger partial charge on any atom is 0.241 e. The molecule has 2 N–H and O–H groups in total. The van der Waals surface area contributed by atoms with Crippen molar-refractivity contribution in [2.75, 3.05) is 0 Å². The van der Waals surface area contributed by atoms with E-state index in [1.165, 1.54) is 18.3 Å². The van der Waals surface area contributed by atoms with E-state index in [2.05, 4.69) is 35.8 Å². The molecule has 8 heteroatoms. The molecule has 0 aliphatic rings. The van der Waals surface area contributed by atoms with Crippen LogP contribution in [0.15, 0.2) is 40.1 Å². The number of benzene rings is 1. The van der Waals surface area contributed by atoms with E-state index in [1.54, 1.807) is 29.8 Å². The molecule has 0 aliphatic carbocycles. The van der Waals surface area contributed by atoms with Crippen molar-refractivity contribution >= 4 is 27.3 Å². The number of carbonyl (C=O) groups is 1. The number of rotatable bonds is 6. The van der Waals surface area contributed by atoms with Gasteiger partial charge in [-0.15, -0.1) is 11.3 Å². The number of hydrogen-bond donors (Lipinski definition) is 2. The summed E-state index contributed by atoms with van der Waals surface area (Å²) in [5, 5.41) is 4.49. The summed E-state index contributed by atoms with van der Waals surface area (Å²) in [6.45, 7) is 7.96. The fraction of sp³-hybridized carbons (Fsp3) is 0.412. The first-order valence-electron chi connectivity index (χ1n) is 7.87. The lowest BCUT2D eigenvalue weighted by Gasteiger charge is -2.19. The number of hydrogen-bond acceptors (Lipinski definition) is 5. The van der Waals surface area contributed by atoms with Crippen LogP contribution in [0.4, 0.5) is 0 Å². The Kier molecular flexibility index (Phi) is 5.97. The van der Waals surface area contributed by atoms with Gasteiger partial charge in [-0.05, 0) is 30.0 Å². The molecule has 1 heterocycles. The van der Waals surface area contributed by atoms with Crippen molar-refractivity contribution in [2.45, 2.75) is 50.6 Å². The highest BCUT2D eigenvalue weighted by Gasteiger charge is 2.23. The highest BCUT2D eigenvalue weighted by molar-refractivity contribution is 7.89. The largest absolute Gasteiger partial charge is 0.349 e. The second-order valence-electron chi connectivity index (χ2n) is 6.81. The summed E-state index contributed by atoms with van der Waals surface area (Å²) >= 11 is 1.44. The van der Waals surface area contributed by atoms with Gasteiger partial charge in [0.15, 0.2) is 0 Å². The van der Waals surface area contributed by atoms with Crippen LogP contribution in [0.5, 0.6) is 0 Å². The van der Waals surface area contributed by atoms with E-state index in [4.69, 9.17) is 0 Å². The molecule has 0 saturated heterocycles. The molecule has 1 amide bonds. The van der Waals surface area contributed by atoms with Crippen molar-refractivity contribution in [3.63, 3.8) is 0 Å². The summed E-state index contributed by atoms with van der Waals surface area (Å²) in [4.78, 5) is 16.3. The monoisotopic (exact) mass is 381 g/mol. The Labute approximate surface area is 152 Å². The highest BCUT2D eigenvalue weighted by atomic mass is 32.2. The van der Waals surface area contributed by atoms with E-state index in [0.717, 1.165) is 11.3 Å². The number of thiazole rings is 1. The van der Waals surface area contributed by atoms with Gasteiger partial charge in [-0.25, -0.2) is 13.4 Å². The van der Waals surface area contributed by atoms with Crippen molar-refractivity contribution in [1.29, 1.82) is 0 Å². The van der Waals surface area contributed by atoms with Gasteiger partial charge >= 0.3 is 0 Å². The third-order valence-corrected chi connectivity index (χ3v) is 5.87. The van der Waals surface area contributed by atoms with Gasteiger partial charge in [0.05, 0.1) is 28.7 Å². The SMILES string of the molecule is C[C@H](NS(=O)(=O)c1ccc(C(C)(C)C)cc1)C(=O)NCc1cscn1. The smallest absolute Gasteiger partial charge is 0.241 e. The standard InChI is InChI=1S/C17H23N3O3S2/c1-12(16(21)18-9-14-10-24-11-19-14)20-25(22,23)15-7-5-13(6-8-15)17(2,3)4/h5-8,10-12,20H,9H2,1-4H3,(H,18,21)/t12-/m0/s1. The summed E-state index contributed by atoms with van der Waals surface area (Å²) in [6.07, 6.45) is 0. The lowest BCUT2D eigenvalue weighted by molar-refractivity contribution is -0.122. The topological polar surface area (TPSA) is 88.2 Å². The van der Waals surface area contributed by atoms with E-state index >= 15 is 0 Å². The molecule has 1 aromatic carbocycles. The van der Waals surface area contributed by atoms with Gasteiger partial charge in [0.25, 0.3) is 0 Å². The van der Waals surface area contributed by atoms with Crippen molar-refractivity contribution in [3.05, 3.63) is 46.4 Å². The van der Waals surface area contributed by atoms with Gasteiger partial charge in [-0.3, -0.25) is 4.79 Å². The van der Waals surface area contributed by atoms with Crippen LogP contribution in [0.2, 0.25) is 0 Å². The van der Waals surface area contributed by atoms with Gasteiger partial charge in [-0.1, -0.05) is 32.9 Å². The molecule has 2 rings (SSSR count). The zero-order chi connectivity index (χ0) is 18.7. The van der Waals surface area contributed by atoms with Crippen LogP contribution in [-0.2, 0) is 26.8 Å². The van der Waals surface area contributed by atoms with Crippen LogP contribution >= 0.6 is 11.3 Å². The van der Waals surface area contributed by atoms with Crippen LogP contribution in [0.3, 0.4) is 0 Å². The Morgan fingerprint density at radius 2 is 1.88 bits per heavy atom. The van der Waals surface area contributed by atoms with Crippen LogP contribution < -0.4 is 10.0 Å². The number of carbonyl (C=O) groups excluding carboxylic acids is 1. The number of aromatic nitrogens is 1. The maximum absolute atomic E-state index is 12.4. The molecule has 136 valence electrons. The van der Waals surface area contributed by atoms with Crippen molar-refractivity contribution in [2.24, 2.45) is 0 Å². The summed E-state index contributed by atoms with van der Waals surface area (Å²) < 4.78 is 27.3. The third-order valence-electron chi connectivity index (χ3n) is 3.68. The van der Waals surface area contributed by atoms with Gasteiger partial charge in [-0.2, -0.15) is 4.72 Å². The lowest BCUT2D eigenvalue weighted by Crippen LogP contribution is -2.44. The normalized spacial score (nSPS) is 13.4. The molecule has 0 bridgehead atoms. The molecular weight excluding hydrogens is 358 g/mol. The van der Waals surface area contributed by atoms with Crippen molar-refractivity contribution < 1.29 is 13.2 Å². The predicted molar refractivity (Wildman–Crippen MR) is 98.9 cm³/mol. The molecule has 0 radical (unpaired) electrons. The zero-order valence-corrected chi connectivity index (χ0v) is 16.4. The average Bonchev–Trinajstić information content (AvgIpc) is 3.05. The van der Waals surface area contributed by atoms with Crippen LogP contribution in [-0.4, -0.2) is 25.4 Å². The molecule has 0 saturated carbocycles. The lowest BCUT2D eigenvalue weighted by atomic mass is 9.87. The first-order valence-corrected chi connectivity index (χ1v) is 10.3. The molecule has 2 aromatic rings. The third kappa shape index (κ3) is 5.35. The molecule has 25 heavy (non-hydrogen) atoms. The molecular formula is C17H23N3O3S2. The maximum atomic E-state index is 12.4. The quantitative estimate of drug-likeness (QED) is 0.804. The molecule has 0 fully saturated rings. The average molecular weight is 382 g/mol. The van der Waals surface area contributed by atoms with Crippen molar-refractivity contribution in [1.82, 2.24) is 15.0 Å². The molecule has 0 spiro atoms. The molecule has 0 unspecified atom stereocenters. The highest BCUT2D eigenvalue weighted by Crippen LogP contribution is 2.23. The summed E-state index contributed by atoms with van der Waals surface area (Å²) in [5.41, 5.74) is 3.40. The first kappa shape index (κ1) is 19.6. The van der Waals surface area contributed by atoms with E-state index in [9.17, 15) is 13.2 Å². The van der Waals surface area contributed by atoms with E-state index < -0.39 is 22.0 Å². The second kappa shape index (κ2) is 7.63. The van der Waals surface area contributed by atoms with Gasteiger partial charge in [0.2, 0.25) is 15.9 Å². The predicted octanol–water partition coefficient (Wildman–Crippen LogP) is 2.42. The van der Waals surface area contributed by atoms with Crippen LogP contribution in [0.25, 0.3) is 0 Å². The Morgan fingerprint density at radius 1 is 1.24 bits per heavy atom. The minimum atomic E-state index is -3.76. The number of sulfonamides is 1. The fourth-order valence-corrected chi connectivity index (χ4v) is 3.91. The van der Waals surface area contributed by atoms with Gasteiger partial charge < -0.3 is 5.32 Å². The minimum absolute atomic E-state index is 0.0570. The van der Waals surface area contributed by atoms with E-state index in [1.807, 2.05) is 5.38 Å². The van der Waals surface area contributed by atoms with E-state index in [-0.39, 0.29) is 16.9 Å². The second-order valence-corrected chi connectivity index (χ2v) is 9.25. The Hall–Kier alpha value is -1.77. The Morgan fingerprint density at radius 3 is 2.40 bits per heavy atom. The summed E-state index contributed by atoms with van der Waals surface area (Å²) in [5.74, 6) is -0.400. The van der Waals surface area contributed by atoms with Gasteiger partial charge in [0, 0.05) is 5.38 Å². The van der Waals surface area contributed by atoms with Gasteiger partial charge in [0.1, 0.15) is 0 Å². The fourth-order valence-electron chi connectivity index (χ4n) is 2.14. The van der Waals surface area contributed by atoms with E-state index in [0.29, 0.717) is 0 Å². The molecule has 1 aromatic heterocycles. The molecule has 0 aliphatic heterocycles. The summed E-state index contributed by atoms with van der Waals surface area (Å²) in [6, 6.07) is 5.82. The number of amides is 1. The Bertz CT molecular complexity index is 808.